The number of aliphatic hydroxyl groups is 1. The van der Waals surface area contributed by atoms with E-state index in [9.17, 15) is 14.7 Å². The van der Waals surface area contributed by atoms with Crippen molar-refractivity contribution in [3.05, 3.63) is 0 Å². The maximum absolute atomic E-state index is 12.1. The second kappa shape index (κ2) is 6.37. The van der Waals surface area contributed by atoms with Crippen molar-refractivity contribution in [1.82, 2.24) is 10.2 Å². The van der Waals surface area contributed by atoms with Crippen LogP contribution in [-0.4, -0.2) is 46.6 Å². The number of likely N-dealkylation sites (tertiary alicyclic amines) is 1. The molecule has 5 nitrogen and oxygen atoms in total. The van der Waals surface area contributed by atoms with Gasteiger partial charge in [0.25, 0.3) is 0 Å². The molecule has 0 aromatic heterocycles. The van der Waals surface area contributed by atoms with Crippen molar-refractivity contribution in [2.24, 2.45) is 5.92 Å². The van der Waals surface area contributed by atoms with Crippen LogP contribution in [0.2, 0.25) is 0 Å². The molecule has 0 saturated carbocycles. The molecular weight excluding hydrogens is 244 g/mol. The van der Waals surface area contributed by atoms with Crippen LogP contribution in [0.25, 0.3) is 0 Å². The maximum Gasteiger partial charge on any atom is 0.242 e. The summed E-state index contributed by atoms with van der Waals surface area (Å²) in [6, 6.07) is -0.370. The van der Waals surface area contributed by atoms with Crippen LogP contribution in [0, 0.1) is 5.92 Å². The molecule has 0 aromatic carbocycles. The molecule has 0 aromatic rings. The monoisotopic (exact) mass is 270 g/mol. The van der Waals surface area contributed by atoms with Crippen LogP contribution in [-0.2, 0) is 9.59 Å². The number of amides is 2. The minimum absolute atomic E-state index is 0.0636. The van der Waals surface area contributed by atoms with Crippen molar-refractivity contribution < 1.29 is 14.7 Å². The minimum atomic E-state index is -0.913. The molecular formula is C14H26N2O3. The molecule has 1 rings (SSSR count). The first-order valence-corrected chi connectivity index (χ1v) is 7.07. The number of carbonyl (C=O) groups is 2. The molecule has 0 radical (unpaired) electrons. The SMILES string of the molecule is CCC(C)C(C)(O)CNC(=O)C1CCCN1C(C)=O. The predicted octanol–water partition coefficient (Wildman–Crippen LogP) is 0.911. The van der Waals surface area contributed by atoms with Gasteiger partial charge in [-0.05, 0) is 25.7 Å². The molecule has 1 aliphatic rings. The summed E-state index contributed by atoms with van der Waals surface area (Å²) in [6.45, 7) is 8.07. The largest absolute Gasteiger partial charge is 0.388 e. The van der Waals surface area contributed by atoms with E-state index >= 15 is 0 Å². The highest BCUT2D eigenvalue weighted by Gasteiger charge is 2.34. The molecule has 1 fully saturated rings. The number of rotatable bonds is 5. The average molecular weight is 270 g/mol. The normalized spacial score (nSPS) is 23.8. The molecule has 2 amide bonds. The van der Waals surface area contributed by atoms with Gasteiger partial charge in [-0.1, -0.05) is 20.3 Å². The topological polar surface area (TPSA) is 69.6 Å². The Morgan fingerprint density at radius 2 is 2.16 bits per heavy atom. The van der Waals surface area contributed by atoms with Gasteiger partial charge in [0.15, 0.2) is 0 Å². The van der Waals surface area contributed by atoms with Gasteiger partial charge in [0.2, 0.25) is 11.8 Å². The molecule has 5 heteroatoms. The van der Waals surface area contributed by atoms with Gasteiger partial charge in [-0.3, -0.25) is 9.59 Å². The van der Waals surface area contributed by atoms with Crippen LogP contribution in [0.3, 0.4) is 0 Å². The molecule has 3 unspecified atom stereocenters. The lowest BCUT2D eigenvalue weighted by Gasteiger charge is -2.31. The van der Waals surface area contributed by atoms with Gasteiger partial charge in [0.1, 0.15) is 6.04 Å². The smallest absolute Gasteiger partial charge is 0.242 e. The Labute approximate surface area is 115 Å². The zero-order chi connectivity index (χ0) is 14.6. The Bertz CT molecular complexity index is 342. The first-order chi connectivity index (χ1) is 8.79. The van der Waals surface area contributed by atoms with Gasteiger partial charge in [-0.15, -0.1) is 0 Å². The van der Waals surface area contributed by atoms with E-state index in [1.165, 1.54) is 6.92 Å². The van der Waals surface area contributed by atoms with E-state index in [0.717, 1.165) is 12.8 Å². The summed E-state index contributed by atoms with van der Waals surface area (Å²) in [7, 11) is 0. The van der Waals surface area contributed by atoms with Gasteiger partial charge in [0.05, 0.1) is 5.60 Å². The molecule has 0 bridgehead atoms. The van der Waals surface area contributed by atoms with Gasteiger partial charge in [0, 0.05) is 20.0 Å². The summed E-state index contributed by atoms with van der Waals surface area (Å²) in [5, 5.41) is 13.0. The molecule has 19 heavy (non-hydrogen) atoms. The highest BCUT2D eigenvalue weighted by molar-refractivity contribution is 5.87. The maximum atomic E-state index is 12.1. The fourth-order valence-electron chi connectivity index (χ4n) is 2.41. The molecule has 1 heterocycles. The standard InChI is InChI=1S/C14H26N2O3/c1-5-10(2)14(4,19)9-15-13(18)12-7-6-8-16(12)11(3)17/h10,12,19H,5-9H2,1-4H3,(H,15,18). The lowest BCUT2D eigenvalue weighted by molar-refractivity contribution is -0.137. The average Bonchev–Trinajstić information content (AvgIpc) is 2.84. The number of hydrogen-bond donors (Lipinski definition) is 2. The van der Waals surface area contributed by atoms with Crippen LogP contribution >= 0.6 is 0 Å². The van der Waals surface area contributed by atoms with Crippen molar-refractivity contribution in [3.63, 3.8) is 0 Å². The Morgan fingerprint density at radius 3 is 2.68 bits per heavy atom. The van der Waals surface area contributed by atoms with E-state index in [1.807, 2.05) is 13.8 Å². The van der Waals surface area contributed by atoms with Crippen LogP contribution in [0.15, 0.2) is 0 Å². The molecule has 1 aliphatic heterocycles. The van der Waals surface area contributed by atoms with E-state index in [1.54, 1.807) is 11.8 Å². The van der Waals surface area contributed by atoms with Crippen molar-refractivity contribution in [1.29, 1.82) is 0 Å². The van der Waals surface area contributed by atoms with Crippen LogP contribution in [0.4, 0.5) is 0 Å². The molecule has 0 spiro atoms. The van der Waals surface area contributed by atoms with E-state index < -0.39 is 5.60 Å². The molecule has 1 saturated heterocycles. The quantitative estimate of drug-likeness (QED) is 0.780. The summed E-state index contributed by atoms with van der Waals surface area (Å²) < 4.78 is 0. The summed E-state index contributed by atoms with van der Waals surface area (Å²) in [6.07, 6.45) is 2.42. The third-order valence-electron chi connectivity index (χ3n) is 4.25. The van der Waals surface area contributed by atoms with Gasteiger partial charge >= 0.3 is 0 Å². The van der Waals surface area contributed by atoms with Gasteiger partial charge in [-0.25, -0.2) is 0 Å². The van der Waals surface area contributed by atoms with Crippen molar-refractivity contribution in [3.8, 4) is 0 Å². The predicted molar refractivity (Wildman–Crippen MR) is 73.5 cm³/mol. The molecule has 2 N–H and O–H groups in total. The Balaban J connectivity index is 2.54. The number of hydrogen-bond acceptors (Lipinski definition) is 3. The third-order valence-corrected chi connectivity index (χ3v) is 4.25. The van der Waals surface area contributed by atoms with Crippen LogP contribution in [0.1, 0.15) is 47.0 Å². The second-order valence-electron chi connectivity index (χ2n) is 5.75. The van der Waals surface area contributed by atoms with Crippen LogP contribution < -0.4 is 5.32 Å². The van der Waals surface area contributed by atoms with E-state index in [-0.39, 0.29) is 30.3 Å². The first kappa shape index (κ1) is 16.0. The zero-order valence-corrected chi connectivity index (χ0v) is 12.4. The fraction of sp³-hybridized carbons (Fsp3) is 0.857. The Kier molecular flexibility index (Phi) is 5.35. The molecule has 110 valence electrons. The molecule has 3 atom stereocenters. The highest BCUT2D eigenvalue weighted by atomic mass is 16.3. The number of nitrogens with zero attached hydrogens (tertiary/aromatic N) is 1. The molecule has 0 aliphatic carbocycles. The van der Waals surface area contributed by atoms with Crippen molar-refractivity contribution in [2.45, 2.75) is 58.6 Å². The number of nitrogens with one attached hydrogen (secondary N) is 1. The van der Waals surface area contributed by atoms with Gasteiger partial charge in [-0.2, -0.15) is 0 Å². The number of carbonyl (C=O) groups excluding carboxylic acids is 2. The van der Waals surface area contributed by atoms with Crippen molar-refractivity contribution >= 4 is 11.8 Å². The summed E-state index contributed by atoms with van der Waals surface area (Å²) in [5.41, 5.74) is -0.913. The second-order valence-corrected chi connectivity index (χ2v) is 5.75. The van der Waals surface area contributed by atoms with Gasteiger partial charge < -0.3 is 15.3 Å². The first-order valence-electron chi connectivity index (χ1n) is 7.07. The van der Waals surface area contributed by atoms with E-state index in [4.69, 9.17) is 0 Å². The Morgan fingerprint density at radius 1 is 1.53 bits per heavy atom. The summed E-state index contributed by atoms with van der Waals surface area (Å²) in [4.78, 5) is 25.1. The van der Waals surface area contributed by atoms with Crippen LogP contribution in [0.5, 0.6) is 0 Å². The fourth-order valence-corrected chi connectivity index (χ4v) is 2.41. The third kappa shape index (κ3) is 3.93. The minimum Gasteiger partial charge on any atom is -0.388 e. The van der Waals surface area contributed by atoms with E-state index in [2.05, 4.69) is 5.32 Å². The highest BCUT2D eigenvalue weighted by Crippen LogP contribution is 2.20. The Hall–Kier alpha value is -1.10. The summed E-state index contributed by atoms with van der Waals surface area (Å²) in [5.74, 6) is -0.108. The summed E-state index contributed by atoms with van der Waals surface area (Å²) >= 11 is 0. The van der Waals surface area contributed by atoms with E-state index in [0.29, 0.717) is 13.0 Å². The van der Waals surface area contributed by atoms with Crippen molar-refractivity contribution in [2.75, 3.05) is 13.1 Å². The lowest BCUT2D eigenvalue weighted by Crippen LogP contribution is -2.51. The lowest BCUT2D eigenvalue weighted by atomic mass is 9.88. The zero-order valence-electron chi connectivity index (χ0n) is 12.4.